The molecule has 0 fully saturated rings. The maximum atomic E-state index is 2.29. The summed E-state index contributed by atoms with van der Waals surface area (Å²) in [6.07, 6.45) is 4.52. The summed E-state index contributed by atoms with van der Waals surface area (Å²) in [4.78, 5) is 0. The molecule has 0 unspecified atom stereocenters. The summed E-state index contributed by atoms with van der Waals surface area (Å²) in [5.74, 6) is 0. The molecule has 0 saturated heterocycles. The van der Waals surface area contributed by atoms with Gasteiger partial charge in [-0.3, -0.25) is 0 Å². The number of hydrogen-bond acceptors (Lipinski definition) is 0. The molecule has 1 aromatic carbocycles. The Morgan fingerprint density at radius 2 is 2.10 bits per heavy atom. The van der Waals surface area contributed by atoms with Gasteiger partial charge < -0.3 is 0 Å². The van der Waals surface area contributed by atoms with Gasteiger partial charge >= 0.3 is 71.2 Å². The van der Waals surface area contributed by atoms with Gasteiger partial charge in [0, 0.05) is 0 Å². The van der Waals surface area contributed by atoms with Gasteiger partial charge in [-0.15, -0.1) is 0 Å². The average Bonchev–Trinajstić information content (AvgIpc) is 2.05. The van der Waals surface area contributed by atoms with E-state index < -0.39 is 0 Å². The summed E-state index contributed by atoms with van der Waals surface area (Å²) in [6.45, 7) is 0. The van der Waals surface area contributed by atoms with Crippen molar-refractivity contribution in [2.75, 3.05) is 4.43 Å². The second-order valence-electron chi connectivity index (χ2n) is 2.21. The fourth-order valence-electron chi connectivity index (χ4n) is 1.03. The van der Waals surface area contributed by atoms with Crippen LogP contribution in [0.2, 0.25) is 0 Å². The second-order valence-corrected chi connectivity index (χ2v) is 5.02. The van der Waals surface area contributed by atoms with Gasteiger partial charge in [-0.25, -0.2) is 0 Å². The van der Waals surface area contributed by atoms with Gasteiger partial charge in [0.25, 0.3) is 0 Å². The number of allylic oxidation sites excluding steroid dienone is 1. The van der Waals surface area contributed by atoms with Crippen LogP contribution in [-0.4, -0.2) is 4.43 Å². The SMILES string of the molecule is C1=Cc2ccccc2[I-]C1. The van der Waals surface area contributed by atoms with Crippen LogP contribution in [0.15, 0.2) is 30.3 Å². The van der Waals surface area contributed by atoms with Crippen molar-refractivity contribution in [3.63, 3.8) is 0 Å². The minimum absolute atomic E-state index is 0.308. The van der Waals surface area contributed by atoms with Gasteiger partial charge in [0.2, 0.25) is 0 Å². The van der Waals surface area contributed by atoms with Gasteiger partial charge in [-0.1, -0.05) is 0 Å². The molecular weight excluding hydrogens is 235 g/mol. The Balaban J connectivity index is 2.54. The van der Waals surface area contributed by atoms with E-state index in [1.165, 1.54) is 9.99 Å². The molecule has 0 amide bonds. The Morgan fingerprint density at radius 3 is 3.00 bits per heavy atom. The molecule has 0 aliphatic carbocycles. The van der Waals surface area contributed by atoms with E-state index in [1.807, 2.05) is 0 Å². The first-order valence-corrected chi connectivity index (χ1v) is 5.92. The zero-order chi connectivity index (χ0) is 6.81. The van der Waals surface area contributed by atoms with Crippen molar-refractivity contribution in [2.24, 2.45) is 0 Å². The zero-order valence-electron chi connectivity index (χ0n) is 5.55. The quantitative estimate of drug-likeness (QED) is 0.404. The van der Waals surface area contributed by atoms with Crippen LogP contribution in [0.3, 0.4) is 0 Å². The Bertz CT molecular complexity index is 263. The third-order valence-electron chi connectivity index (χ3n) is 1.51. The third-order valence-corrected chi connectivity index (χ3v) is 4.27. The van der Waals surface area contributed by atoms with Crippen molar-refractivity contribution in [3.8, 4) is 0 Å². The summed E-state index contributed by atoms with van der Waals surface area (Å²) in [5, 5.41) is 0. The summed E-state index contributed by atoms with van der Waals surface area (Å²) in [5.41, 5.74) is 1.45. The fraction of sp³-hybridized carbons (Fsp3) is 0.111. The molecule has 10 heavy (non-hydrogen) atoms. The molecule has 1 aliphatic heterocycles. The van der Waals surface area contributed by atoms with E-state index in [1.54, 1.807) is 3.57 Å². The number of rotatable bonds is 0. The van der Waals surface area contributed by atoms with Crippen molar-refractivity contribution < 1.29 is 21.2 Å². The summed E-state index contributed by atoms with van der Waals surface area (Å²) in [6, 6.07) is 8.70. The van der Waals surface area contributed by atoms with Crippen LogP contribution in [0.25, 0.3) is 6.08 Å². The van der Waals surface area contributed by atoms with E-state index in [2.05, 4.69) is 36.4 Å². The number of fused-ring (bicyclic) bond motifs is 1. The van der Waals surface area contributed by atoms with Gasteiger partial charge in [0.15, 0.2) is 0 Å². The molecule has 0 nitrogen and oxygen atoms in total. The molecule has 0 N–H and O–H groups in total. The van der Waals surface area contributed by atoms with E-state index in [9.17, 15) is 0 Å². The molecule has 0 atom stereocenters. The maximum absolute atomic E-state index is 2.29. The van der Waals surface area contributed by atoms with Crippen LogP contribution in [0, 0.1) is 3.57 Å². The normalized spacial score (nSPS) is 15.6. The predicted octanol–water partition coefficient (Wildman–Crippen LogP) is -1.03. The number of hydrogen-bond donors (Lipinski definition) is 0. The Kier molecular flexibility index (Phi) is 1.76. The molecule has 2 rings (SSSR count). The zero-order valence-corrected chi connectivity index (χ0v) is 7.71. The van der Waals surface area contributed by atoms with Gasteiger partial charge in [0.1, 0.15) is 0 Å². The first-order valence-electron chi connectivity index (χ1n) is 3.31. The minimum atomic E-state index is 0.308. The Morgan fingerprint density at radius 1 is 1.20 bits per heavy atom. The molecule has 1 heteroatoms. The van der Waals surface area contributed by atoms with Gasteiger partial charge in [-0.05, 0) is 0 Å². The fourth-order valence-corrected chi connectivity index (χ4v) is 3.28. The molecule has 0 bridgehead atoms. The van der Waals surface area contributed by atoms with E-state index in [0.717, 1.165) is 0 Å². The first-order chi connectivity index (χ1) is 4.97. The van der Waals surface area contributed by atoms with Crippen molar-refractivity contribution in [1.82, 2.24) is 0 Å². The van der Waals surface area contributed by atoms with Gasteiger partial charge in [-0.2, -0.15) is 0 Å². The van der Waals surface area contributed by atoms with Crippen molar-refractivity contribution in [1.29, 1.82) is 0 Å². The Hall–Kier alpha value is -0.310. The van der Waals surface area contributed by atoms with Crippen LogP contribution in [-0.2, 0) is 0 Å². The van der Waals surface area contributed by atoms with Crippen LogP contribution in [0.4, 0.5) is 0 Å². The number of alkyl halides is 1. The first kappa shape index (κ1) is 6.40. The van der Waals surface area contributed by atoms with E-state index in [0.29, 0.717) is 21.2 Å². The van der Waals surface area contributed by atoms with Gasteiger partial charge in [0.05, 0.1) is 0 Å². The monoisotopic (exact) mass is 243 g/mol. The van der Waals surface area contributed by atoms with E-state index in [-0.39, 0.29) is 0 Å². The third kappa shape index (κ3) is 1.10. The molecular formula is C9H8I-. The number of benzene rings is 1. The molecule has 1 aliphatic rings. The van der Waals surface area contributed by atoms with Crippen LogP contribution in [0.1, 0.15) is 5.56 Å². The molecule has 52 valence electrons. The molecule has 0 saturated carbocycles. The molecule has 1 aromatic rings. The summed E-state index contributed by atoms with van der Waals surface area (Å²) in [7, 11) is 0. The summed E-state index contributed by atoms with van der Waals surface area (Å²) >= 11 is 0.308. The van der Waals surface area contributed by atoms with Crippen molar-refractivity contribution >= 4 is 6.08 Å². The topological polar surface area (TPSA) is 0 Å². The average molecular weight is 243 g/mol. The standard InChI is InChI=1S/C9H8I/c1-2-6-9-8(4-1)5-3-7-10-9/h1-6H,7H2/q-1. The van der Waals surface area contributed by atoms with Crippen molar-refractivity contribution in [3.05, 3.63) is 39.5 Å². The van der Waals surface area contributed by atoms with Crippen LogP contribution in [0.5, 0.6) is 0 Å². The molecule has 0 radical (unpaired) electrons. The molecule has 0 spiro atoms. The van der Waals surface area contributed by atoms with Crippen LogP contribution < -0.4 is 21.2 Å². The molecule has 1 heterocycles. The second kappa shape index (κ2) is 2.74. The Labute approximate surface area is 71.2 Å². The molecule has 0 aromatic heterocycles. The van der Waals surface area contributed by atoms with E-state index in [4.69, 9.17) is 0 Å². The number of halogens is 1. The summed E-state index contributed by atoms with van der Waals surface area (Å²) < 4.78 is 2.92. The predicted molar refractivity (Wildman–Crippen MR) is 39.0 cm³/mol. The van der Waals surface area contributed by atoms with Crippen LogP contribution >= 0.6 is 0 Å². The van der Waals surface area contributed by atoms with Crippen molar-refractivity contribution in [2.45, 2.75) is 0 Å². The van der Waals surface area contributed by atoms with E-state index >= 15 is 0 Å².